The zero-order chi connectivity index (χ0) is 19.7. The third kappa shape index (κ3) is 8.81. The van der Waals surface area contributed by atoms with Gasteiger partial charge in [0, 0.05) is 12.2 Å². The number of carbonyl (C=O) groups is 1. The Bertz CT molecular complexity index is 606. The molecule has 0 saturated heterocycles. The van der Waals surface area contributed by atoms with Crippen LogP contribution in [0.5, 0.6) is 5.75 Å². The fourth-order valence-electron chi connectivity index (χ4n) is 2.99. The average Bonchev–Trinajstić information content (AvgIpc) is 2.62. The first-order chi connectivity index (χ1) is 12.8. The first-order valence-electron chi connectivity index (χ1n) is 9.69. The van der Waals surface area contributed by atoms with E-state index in [0.717, 1.165) is 31.2 Å². The minimum atomic E-state index is -2.03. The molecular weight excluding hydrogens is 365 g/mol. The second-order valence-corrected chi connectivity index (χ2v) is 9.63. The van der Waals surface area contributed by atoms with Gasteiger partial charge in [-0.1, -0.05) is 31.4 Å². The van der Waals surface area contributed by atoms with Crippen molar-refractivity contribution < 1.29 is 23.4 Å². The predicted octanol–water partition coefficient (Wildman–Crippen LogP) is 4.91. The molecule has 0 heterocycles. The quantitative estimate of drug-likeness (QED) is 0.498. The van der Waals surface area contributed by atoms with Gasteiger partial charge in [-0.05, 0) is 57.7 Å². The summed E-state index contributed by atoms with van der Waals surface area (Å²) in [4.78, 5) is 11.6. The van der Waals surface area contributed by atoms with Gasteiger partial charge in [-0.25, -0.2) is 4.79 Å². The molecule has 1 aromatic rings. The minimum Gasteiger partial charge on any atom is -0.467 e. The molecule has 0 spiro atoms. The van der Waals surface area contributed by atoms with Crippen molar-refractivity contribution >= 4 is 14.1 Å². The standard InChI is InChI=1S/C20H32NO5P/c1-20(2,3)26-19(22)21-14-13-16-9-11-17(12-10-16)24-15-25-27(23)18-7-5-4-6-8-18/h9-12,18,27H,4-8,13-15H2,1-3H3,(H,21,22). The number of carbonyl (C=O) groups excluding carboxylic acids is 1. The van der Waals surface area contributed by atoms with Gasteiger partial charge in [-0.3, -0.25) is 9.09 Å². The fourth-order valence-corrected chi connectivity index (χ4v) is 4.28. The third-order valence-corrected chi connectivity index (χ3v) is 6.02. The molecule has 0 aromatic heterocycles. The summed E-state index contributed by atoms with van der Waals surface area (Å²) in [5.74, 6) is 0.678. The van der Waals surface area contributed by atoms with Crippen molar-refractivity contribution in [1.82, 2.24) is 5.32 Å². The van der Waals surface area contributed by atoms with Crippen molar-refractivity contribution in [3.05, 3.63) is 29.8 Å². The summed E-state index contributed by atoms with van der Waals surface area (Å²) in [7, 11) is -2.03. The zero-order valence-electron chi connectivity index (χ0n) is 16.6. The molecule has 0 aliphatic heterocycles. The molecule has 1 atom stereocenters. The van der Waals surface area contributed by atoms with Gasteiger partial charge in [-0.15, -0.1) is 0 Å². The number of rotatable bonds is 8. The Morgan fingerprint density at radius 1 is 1.15 bits per heavy atom. The maximum Gasteiger partial charge on any atom is 0.407 e. The van der Waals surface area contributed by atoms with E-state index in [9.17, 15) is 9.36 Å². The summed E-state index contributed by atoms with van der Waals surface area (Å²) < 4.78 is 28.3. The number of amides is 1. The van der Waals surface area contributed by atoms with E-state index < -0.39 is 19.7 Å². The summed E-state index contributed by atoms with van der Waals surface area (Å²) in [5, 5.41) is 2.74. The van der Waals surface area contributed by atoms with E-state index in [1.165, 1.54) is 6.42 Å². The van der Waals surface area contributed by atoms with Gasteiger partial charge in [0.2, 0.25) is 0 Å². The van der Waals surface area contributed by atoms with E-state index >= 15 is 0 Å². The van der Waals surface area contributed by atoms with Crippen LogP contribution in [-0.4, -0.2) is 30.7 Å². The van der Waals surface area contributed by atoms with Crippen LogP contribution < -0.4 is 10.1 Å². The smallest absolute Gasteiger partial charge is 0.407 e. The highest BCUT2D eigenvalue weighted by Crippen LogP contribution is 2.39. The average molecular weight is 397 g/mol. The molecule has 1 unspecified atom stereocenters. The SMILES string of the molecule is CC(C)(C)OC(=O)NCCc1ccc(OCO[PH](=O)C2CCCCC2)cc1. The third-order valence-electron chi connectivity index (χ3n) is 4.37. The lowest BCUT2D eigenvalue weighted by Gasteiger charge is -2.20. The Hall–Kier alpha value is -1.52. The lowest BCUT2D eigenvalue weighted by molar-refractivity contribution is 0.0528. The van der Waals surface area contributed by atoms with Gasteiger partial charge < -0.3 is 14.8 Å². The minimum absolute atomic E-state index is 0.0217. The van der Waals surface area contributed by atoms with Crippen molar-refractivity contribution in [1.29, 1.82) is 0 Å². The molecule has 1 N–H and O–H groups in total. The Kier molecular flexibility index (Phi) is 8.65. The molecule has 0 bridgehead atoms. The van der Waals surface area contributed by atoms with Crippen LogP contribution in [0.1, 0.15) is 58.4 Å². The Morgan fingerprint density at radius 3 is 2.44 bits per heavy atom. The van der Waals surface area contributed by atoms with E-state index in [1.807, 2.05) is 45.0 Å². The van der Waals surface area contributed by atoms with Crippen molar-refractivity contribution in [2.45, 2.75) is 70.6 Å². The predicted molar refractivity (Wildman–Crippen MR) is 107 cm³/mol. The second kappa shape index (κ2) is 10.7. The maximum absolute atomic E-state index is 12.1. The molecule has 6 nitrogen and oxygen atoms in total. The van der Waals surface area contributed by atoms with Crippen LogP contribution in [0.15, 0.2) is 24.3 Å². The highest BCUT2D eigenvalue weighted by atomic mass is 31.1. The van der Waals surface area contributed by atoms with E-state index in [4.69, 9.17) is 14.0 Å². The maximum atomic E-state index is 12.1. The van der Waals surface area contributed by atoms with Crippen LogP contribution >= 0.6 is 8.03 Å². The van der Waals surface area contributed by atoms with Gasteiger partial charge in [0.1, 0.15) is 11.4 Å². The van der Waals surface area contributed by atoms with E-state index in [0.29, 0.717) is 18.7 Å². The van der Waals surface area contributed by atoms with E-state index in [1.54, 1.807) is 0 Å². The number of alkyl carbamates (subject to hydrolysis) is 1. The summed E-state index contributed by atoms with van der Waals surface area (Å²) in [6.07, 6.45) is 5.83. The van der Waals surface area contributed by atoms with Crippen molar-refractivity contribution in [3.8, 4) is 5.75 Å². The number of hydrogen-bond acceptors (Lipinski definition) is 5. The largest absolute Gasteiger partial charge is 0.467 e. The number of benzene rings is 1. The van der Waals surface area contributed by atoms with Gasteiger partial charge >= 0.3 is 6.09 Å². The number of nitrogens with one attached hydrogen (secondary N) is 1. The Morgan fingerprint density at radius 2 is 1.81 bits per heavy atom. The fraction of sp³-hybridized carbons (Fsp3) is 0.650. The molecular formula is C20H32NO5P. The Labute approximate surface area is 162 Å². The molecule has 1 saturated carbocycles. The lowest BCUT2D eigenvalue weighted by atomic mass is 10.0. The highest BCUT2D eigenvalue weighted by Gasteiger charge is 2.20. The van der Waals surface area contributed by atoms with Crippen LogP contribution in [-0.2, 0) is 20.2 Å². The molecule has 2 rings (SSSR count). The lowest BCUT2D eigenvalue weighted by Crippen LogP contribution is -2.33. The summed E-state index contributed by atoms with van der Waals surface area (Å²) >= 11 is 0. The van der Waals surface area contributed by atoms with Crippen molar-refractivity contribution in [3.63, 3.8) is 0 Å². The molecule has 7 heteroatoms. The van der Waals surface area contributed by atoms with Crippen LogP contribution in [0, 0.1) is 0 Å². The van der Waals surface area contributed by atoms with Gasteiger partial charge in [0.15, 0.2) is 14.8 Å². The molecule has 1 fully saturated rings. The molecule has 27 heavy (non-hydrogen) atoms. The van der Waals surface area contributed by atoms with Crippen LogP contribution in [0.25, 0.3) is 0 Å². The summed E-state index contributed by atoms with van der Waals surface area (Å²) in [5.41, 5.74) is 0.801. The summed E-state index contributed by atoms with van der Waals surface area (Å²) in [6.45, 7) is 6.03. The normalized spacial score (nSPS) is 16.6. The first-order valence-corrected chi connectivity index (χ1v) is 11.1. The first kappa shape index (κ1) is 21.8. The molecule has 1 aromatic carbocycles. The van der Waals surface area contributed by atoms with Gasteiger partial charge in [0.25, 0.3) is 0 Å². The molecule has 152 valence electrons. The molecule has 1 amide bonds. The monoisotopic (exact) mass is 397 g/mol. The second-order valence-electron chi connectivity index (χ2n) is 7.88. The Balaban J connectivity index is 1.64. The van der Waals surface area contributed by atoms with Crippen molar-refractivity contribution in [2.75, 3.05) is 13.3 Å². The number of hydrogen-bond donors (Lipinski definition) is 1. The summed E-state index contributed by atoms with van der Waals surface area (Å²) in [6, 6.07) is 7.58. The topological polar surface area (TPSA) is 73.9 Å². The van der Waals surface area contributed by atoms with Crippen LogP contribution in [0.4, 0.5) is 4.79 Å². The molecule has 0 radical (unpaired) electrons. The van der Waals surface area contributed by atoms with E-state index in [-0.39, 0.29) is 12.5 Å². The van der Waals surface area contributed by atoms with Gasteiger partial charge in [0.05, 0.1) is 0 Å². The zero-order valence-corrected chi connectivity index (χ0v) is 17.6. The highest BCUT2D eigenvalue weighted by molar-refractivity contribution is 7.40. The molecule has 1 aliphatic carbocycles. The molecule has 1 aliphatic rings. The van der Waals surface area contributed by atoms with E-state index in [2.05, 4.69) is 5.32 Å². The van der Waals surface area contributed by atoms with Crippen molar-refractivity contribution in [2.24, 2.45) is 0 Å². The van der Waals surface area contributed by atoms with Crippen LogP contribution in [0.2, 0.25) is 0 Å². The number of ether oxygens (including phenoxy) is 2. The van der Waals surface area contributed by atoms with Gasteiger partial charge in [-0.2, -0.15) is 0 Å². The van der Waals surface area contributed by atoms with Crippen LogP contribution in [0.3, 0.4) is 0 Å².